The zero-order valence-corrected chi connectivity index (χ0v) is 12.5. The van der Waals surface area contributed by atoms with Gasteiger partial charge in [-0.1, -0.05) is 6.42 Å². The number of aromatic nitrogens is 1. The molecule has 1 saturated carbocycles. The summed E-state index contributed by atoms with van der Waals surface area (Å²) in [5.74, 6) is -0.310. The summed E-state index contributed by atoms with van der Waals surface area (Å²) in [5, 5.41) is 4.58. The van der Waals surface area contributed by atoms with Crippen molar-refractivity contribution >= 4 is 6.03 Å². The Kier molecular flexibility index (Phi) is 5.45. The number of pyridine rings is 1. The molecule has 2 amide bonds. The van der Waals surface area contributed by atoms with Crippen LogP contribution in [0.2, 0.25) is 0 Å². The second kappa shape index (κ2) is 7.18. The summed E-state index contributed by atoms with van der Waals surface area (Å²) in [7, 11) is 0. The van der Waals surface area contributed by atoms with Crippen molar-refractivity contribution in [3.63, 3.8) is 0 Å². The number of hydrogen-bond acceptors (Lipinski definition) is 3. The number of urea groups is 1. The number of carbonyl (C=O) groups is 1. The van der Waals surface area contributed by atoms with Crippen molar-refractivity contribution in [3.8, 4) is 5.88 Å². The molecule has 1 aromatic rings. The maximum atomic E-state index is 13.0. The molecule has 5 nitrogen and oxygen atoms in total. The predicted molar refractivity (Wildman–Crippen MR) is 77.7 cm³/mol. The third kappa shape index (κ3) is 4.45. The van der Waals surface area contributed by atoms with E-state index in [9.17, 15) is 26.7 Å². The van der Waals surface area contributed by atoms with Gasteiger partial charge in [0.25, 0.3) is 0 Å². The monoisotopic (exact) mass is 357 g/mol. The highest BCUT2D eigenvalue weighted by atomic mass is 19.4. The van der Waals surface area contributed by atoms with Gasteiger partial charge in [-0.2, -0.15) is 22.0 Å². The lowest BCUT2D eigenvalue weighted by Gasteiger charge is -2.43. The first-order chi connectivity index (χ1) is 11.2. The Hall–Kier alpha value is -2.13. The first kappa shape index (κ1) is 18.2. The fraction of sp³-hybridized carbons (Fsp3) is 0.571. The molecule has 0 bridgehead atoms. The van der Waals surface area contributed by atoms with E-state index in [1.54, 1.807) is 0 Å². The van der Waals surface area contributed by atoms with Gasteiger partial charge in [0.1, 0.15) is 0 Å². The number of halogens is 5. The molecule has 0 aliphatic heterocycles. The zero-order chi connectivity index (χ0) is 17.8. The number of nitrogens with one attached hydrogen (secondary N) is 2. The van der Waals surface area contributed by atoms with E-state index in [4.69, 9.17) is 0 Å². The molecule has 1 aliphatic carbocycles. The number of hydrogen-bond donors (Lipinski definition) is 2. The summed E-state index contributed by atoms with van der Waals surface area (Å²) in [5.41, 5.74) is -1.43. The van der Waals surface area contributed by atoms with Gasteiger partial charge in [-0.15, -0.1) is 0 Å². The smallest absolute Gasteiger partial charge is 0.396 e. The van der Waals surface area contributed by atoms with Crippen LogP contribution in [0.1, 0.15) is 27.7 Å². The summed E-state index contributed by atoms with van der Waals surface area (Å²) in [4.78, 5) is 15.2. The van der Waals surface area contributed by atoms with Crippen molar-refractivity contribution in [1.82, 2.24) is 15.6 Å². The van der Waals surface area contributed by atoms with Crippen LogP contribution in [0.4, 0.5) is 26.7 Å². The van der Waals surface area contributed by atoms with E-state index < -0.39 is 30.8 Å². The minimum atomic E-state index is -4.36. The molecule has 24 heavy (non-hydrogen) atoms. The lowest BCUT2D eigenvalue weighted by atomic mass is 9.68. The van der Waals surface area contributed by atoms with Gasteiger partial charge in [0, 0.05) is 28.2 Å². The van der Waals surface area contributed by atoms with Crippen LogP contribution < -0.4 is 15.4 Å². The third-order valence-corrected chi connectivity index (χ3v) is 3.96. The van der Waals surface area contributed by atoms with Gasteiger partial charge in [0.05, 0.1) is 5.41 Å². The van der Waals surface area contributed by atoms with Crippen molar-refractivity contribution in [2.45, 2.75) is 38.6 Å². The number of rotatable bonds is 6. The molecule has 2 N–H and O–H groups in total. The fourth-order valence-corrected chi connectivity index (χ4v) is 2.37. The van der Waals surface area contributed by atoms with Gasteiger partial charge in [0.2, 0.25) is 5.88 Å². The maximum Gasteiger partial charge on any atom is 0.396 e. The number of ether oxygens (including phenoxy) is 1. The standard InChI is InChI=1S/C14H16F5N3O2.2H2/c15-11(16)24-10-6-9(2-5-20-10)7-21-12(23)22-8-13(3-1-4-13)14(17,18)19;;/h2,5-6,11H,1,3-4,7-8H2,(H2,21,22,23);2*1H. The van der Waals surface area contributed by atoms with Crippen LogP contribution in [0.15, 0.2) is 18.3 Å². The SMILES string of the molecule is O=C(NCc1ccnc(OC(F)F)c1)NCC1(C(F)(F)F)CCC1.[HH].[HH]. The number of nitrogens with zero attached hydrogens (tertiary/aromatic N) is 1. The topological polar surface area (TPSA) is 63.2 Å². The van der Waals surface area contributed by atoms with Crippen LogP contribution in [0.5, 0.6) is 5.88 Å². The highest BCUT2D eigenvalue weighted by molar-refractivity contribution is 5.73. The highest BCUT2D eigenvalue weighted by Crippen LogP contribution is 2.52. The van der Waals surface area contributed by atoms with E-state index in [1.165, 1.54) is 18.3 Å². The number of carbonyl (C=O) groups excluding carboxylic acids is 1. The van der Waals surface area contributed by atoms with E-state index in [1.807, 2.05) is 0 Å². The minimum absolute atomic E-state index is 0. The van der Waals surface area contributed by atoms with Crippen LogP contribution in [-0.4, -0.2) is 30.3 Å². The molecule has 0 unspecified atom stereocenters. The van der Waals surface area contributed by atoms with Gasteiger partial charge in [0.15, 0.2) is 0 Å². The molecule has 0 aromatic carbocycles. The van der Waals surface area contributed by atoms with Crippen molar-refractivity contribution in [2.75, 3.05) is 6.54 Å². The minimum Gasteiger partial charge on any atom is -0.417 e. The Morgan fingerprint density at radius 3 is 2.62 bits per heavy atom. The second-order valence-electron chi connectivity index (χ2n) is 5.55. The average Bonchev–Trinajstić information content (AvgIpc) is 2.42. The fourth-order valence-electron chi connectivity index (χ4n) is 2.37. The number of amides is 2. The summed E-state index contributed by atoms with van der Waals surface area (Å²) < 4.78 is 67.1. The first-order valence-corrected chi connectivity index (χ1v) is 7.20. The largest absolute Gasteiger partial charge is 0.417 e. The van der Waals surface area contributed by atoms with Gasteiger partial charge in [-0.05, 0) is 24.5 Å². The van der Waals surface area contributed by atoms with Crippen molar-refractivity contribution in [2.24, 2.45) is 5.41 Å². The van der Waals surface area contributed by atoms with E-state index >= 15 is 0 Å². The third-order valence-electron chi connectivity index (χ3n) is 3.96. The lowest BCUT2D eigenvalue weighted by Crippen LogP contribution is -2.53. The summed E-state index contributed by atoms with van der Waals surface area (Å²) in [6.45, 7) is -3.57. The average molecular weight is 357 g/mol. The van der Waals surface area contributed by atoms with Gasteiger partial charge in [-0.25, -0.2) is 9.78 Å². The molecule has 1 aliphatic rings. The van der Waals surface area contributed by atoms with Gasteiger partial charge < -0.3 is 15.4 Å². The van der Waals surface area contributed by atoms with Crippen molar-refractivity contribution in [3.05, 3.63) is 23.9 Å². The molecule has 10 heteroatoms. The summed E-state index contributed by atoms with van der Waals surface area (Å²) in [6.07, 6.45) is -2.66. The molecule has 2 rings (SSSR count). The van der Waals surface area contributed by atoms with Crippen molar-refractivity contribution in [1.29, 1.82) is 0 Å². The Balaban J connectivity index is 0.00000312. The maximum absolute atomic E-state index is 13.0. The first-order valence-electron chi connectivity index (χ1n) is 7.20. The molecule has 1 heterocycles. The Labute approximate surface area is 137 Å². The molecular formula is C14H20F5N3O2. The van der Waals surface area contributed by atoms with Crippen LogP contribution >= 0.6 is 0 Å². The van der Waals surface area contributed by atoms with Gasteiger partial charge >= 0.3 is 18.8 Å². The lowest BCUT2D eigenvalue weighted by molar-refractivity contribution is -0.247. The molecule has 1 fully saturated rings. The van der Waals surface area contributed by atoms with E-state index in [-0.39, 0.29) is 28.1 Å². The van der Waals surface area contributed by atoms with Crippen LogP contribution in [-0.2, 0) is 6.54 Å². The summed E-state index contributed by atoms with van der Waals surface area (Å²) >= 11 is 0. The van der Waals surface area contributed by atoms with E-state index in [0.717, 1.165) is 0 Å². The molecular weight excluding hydrogens is 337 g/mol. The quantitative estimate of drug-likeness (QED) is 0.763. The van der Waals surface area contributed by atoms with Crippen LogP contribution in [0, 0.1) is 5.41 Å². The molecule has 138 valence electrons. The normalized spacial score (nSPS) is 16.4. The molecule has 0 radical (unpaired) electrons. The Bertz CT molecular complexity index is 586. The molecule has 0 spiro atoms. The molecule has 0 atom stereocenters. The Morgan fingerprint density at radius 1 is 1.38 bits per heavy atom. The second-order valence-corrected chi connectivity index (χ2v) is 5.55. The molecule has 1 aromatic heterocycles. The zero-order valence-electron chi connectivity index (χ0n) is 12.5. The number of alkyl halides is 5. The van der Waals surface area contributed by atoms with Gasteiger partial charge in [-0.3, -0.25) is 0 Å². The van der Waals surface area contributed by atoms with E-state index in [0.29, 0.717) is 12.0 Å². The Morgan fingerprint density at radius 2 is 2.08 bits per heavy atom. The molecule has 0 saturated heterocycles. The summed E-state index contributed by atoms with van der Waals surface area (Å²) in [6, 6.07) is 1.90. The van der Waals surface area contributed by atoms with E-state index in [2.05, 4.69) is 20.4 Å². The van der Waals surface area contributed by atoms with Crippen LogP contribution in [0.3, 0.4) is 0 Å². The van der Waals surface area contributed by atoms with Crippen molar-refractivity contribution < 1.29 is 34.3 Å². The van der Waals surface area contributed by atoms with Crippen LogP contribution in [0.25, 0.3) is 0 Å². The predicted octanol–water partition coefficient (Wildman–Crippen LogP) is 3.71. The highest BCUT2D eigenvalue weighted by Gasteiger charge is 2.58.